The summed E-state index contributed by atoms with van der Waals surface area (Å²) < 4.78 is 4.95. The largest absolute Gasteiger partial charge is 0.478 e. The highest BCUT2D eigenvalue weighted by molar-refractivity contribution is 5.94. The van der Waals surface area contributed by atoms with Crippen molar-refractivity contribution in [2.24, 2.45) is 0 Å². The van der Waals surface area contributed by atoms with E-state index in [1.54, 1.807) is 25.5 Å². The standard InChI is InChI=1S/C13H14N2O3/c1-8-5-9(2)15-12(11(8)13(16)17)14-6-10-3-4-18-7-10/h3-5,7H,6H2,1-2H3,(H,14,15)(H,16,17). The molecular weight excluding hydrogens is 232 g/mol. The molecule has 2 aromatic rings. The lowest BCUT2D eigenvalue weighted by molar-refractivity contribution is 0.0697. The van der Waals surface area contributed by atoms with Gasteiger partial charge in [-0.2, -0.15) is 0 Å². The highest BCUT2D eigenvalue weighted by Crippen LogP contribution is 2.19. The molecule has 18 heavy (non-hydrogen) atoms. The lowest BCUT2D eigenvalue weighted by atomic mass is 10.1. The molecule has 0 saturated carbocycles. The Balaban J connectivity index is 2.28. The number of carbonyl (C=O) groups is 1. The Morgan fingerprint density at radius 1 is 1.50 bits per heavy atom. The molecular formula is C13H14N2O3. The topological polar surface area (TPSA) is 75.4 Å². The van der Waals surface area contributed by atoms with E-state index < -0.39 is 5.97 Å². The predicted molar refractivity (Wildman–Crippen MR) is 66.7 cm³/mol. The van der Waals surface area contributed by atoms with Gasteiger partial charge in [0, 0.05) is 17.8 Å². The predicted octanol–water partition coefficient (Wildman–Crippen LogP) is 2.60. The summed E-state index contributed by atoms with van der Waals surface area (Å²) in [6.07, 6.45) is 3.18. The highest BCUT2D eigenvalue weighted by atomic mass is 16.4. The number of furan rings is 1. The highest BCUT2D eigenvalue weighted by Gasteiger charge is 2.15. The van der Waals surface area contributed by atoms with Gasteiger partial charge in [0.2, 0.25) is 0 Å². The van der Waals surface area contributed by atoms with Crippen molar-refractivity contribution >= 4 is 11.8 Å². The van der Waals surface area contributed by atoms with E-state index >= 15 is 0 Å². The zero-order valence-electron chi connectivity index (χ0n) is 10.2. The fraction of sp³-hybridized carbons (Fsp3) is 0.231. The van der Waals surface area contributed by atoms with E-state index in [0.29, 0.717) is 17.9 Å². The minimum atomic E-state index is -0.977. The first-order valence-electron chi connectivity index (χ1n) is 5.54. The van der Waals surface area contributed by atoms with Crippen molar-refractivity contribution in [1.82, 2.24) is 4.98 Å². The molecule has 0 fully saturated rings. The van der Waals surface area contributed by atoms with Crippen molar-refractivity contribution < 1.29 is 14.3 Å². The Hall–Kier alpha value is -2.30. The summed E-state index contributed by atoms with van der Waals surface area (Å²) in [7, 11) is 0. The maximum absolute atomic E-state index is 11.2. The molecule has 0 spiro atoms. The van der Waals surface area contributed by atoms with E-state index in [9.17, 15) is 9.90 Å². The summed E-state index contributed by atoms with van der Waals surface area (Å²) in [5.74, 6) is -0.587. The SMILES string of the molecule is Cc1cc(C)c(C(=O)O)c(NCc2ccoc2)n1. The van der Waals surface area contributed by atoms with Crippen LogP contribution >= 0.6 is 0 Å². The van der Waals surface area contributed by atoms with Gasteiger partial charge in [0.25, 0.3) is 0 Å². The molecule has 0 saturated heterocycles. The van der Waals surface area contributed by atoms with Crippen molar-refractivity contribution in [2.75, 3.05) is 5.32 Å². The van der Waals surface area contributed by atoms with Crippen molar-refractivity contribution in [3.63, 3.8) is 0 Å². The maximum Gasteiger partial charge on any atom is 0.339 e. The van der Waals surface area contributed by atoms with Crippen LogP contribution in [0.4, 0.5) is 5.82 Å². The Kier molecular flexibility index (Phi) is 3.32. The smallest absolute Gasteiger partial charge is 0.339 e. The van der Waals surface area contributed by atoms with Crippen LogP contribution < -0.4 is 5.32 Å². The van der Waals surface area contributed by atoms with Crippen molar-refractivity contribution in [1.29, 1.82) is 0 Å². The molecule has 5 heteroatoms. The van der Waals surface area contributed by atoms with Gasteiger partial charge in [-0.1, -0.05) is 0 Å². The average molecular weight is 246 g/mol. The third-order valence-electron chi connectivity index (χ3n) is 2.60. The zero-order chi connectivity index (χ0) is 13.1. The first kappa shape index (κ1) is 12.2. The molecule has 5 nitrogen and oxygen atoms in total. The normalized spacial score (nSPS) is 10.3. The number of pyridine rings is 1. The Labute approximate surface area is 104 Å². The summed E-state index contributed by atoms with van der Waals surface area (Å²) in [6.45, 7) is 4.08. The number of hydrogen-bond donors (Lipinski definition) is 2. The molecule has 0 unspecified atom stereocenters. The molecule has 2 rings (SSSR count). The number of aromatic nitrogens is 1. The van der Waals surface area contributed by atoms with E-state index in [0.717, 1.165) is 11.3 Å². The molecule has 94 valence electrons. The molecule has 0 aliphatic carbocycles. The first-order chi connectivity index (χ1) is 8.58. The third kappa shape index (κ3) is 2.51. The summed E-state index contributed by atoms with van der Waals surface area (Å²) in [4.78, 5) is 15.4. The number of anilines is 1. The van der Waals surface area contributed by atoms with Crippen LogP contribution in [-0.4, -0.2) is 16.1 Å². The monoisotopic (exact) mass is 246 g/mol. The van der Waals surface area contributed by atoms with Crippen LogP contribution in [0.15, 0.2) is 29.1 Å². The number of nitrogens with zero attached hydrogens (tertiary/aromatic N) is 1. The van der Waals surface area contributed by atoms with Gasteiger partial charge in [-0.3, -0.25) is 0 Å². The summed E-state index contributed by atoms with van der Waals surface area (Å²) in [6, 6.07) is 3.57. The Bertz CT molecular complexity index is 562. The van der Waals surface area contributed by atoms with E-state index in [1.807, 2.05) is 13.0 Å². The number of carboxylic acids is 1. The number of rotatable bonds is 4. The fourth-order valence-corrected chi connectivity index (χ4v) is 1.81. The second kappa shape index (κ2) is 4.91. The average Bonchev–Trinajstić information content (AvgIpc) is 2.77. The van der Waals surface area contributed by atoms with Gasteiger partial charge >= 0.3 is 5.97 Å². The van der Waals surface area contributed by atoms with Crippen molar-refractivity contribution in [3.8, 4) is 0 Å². The molecule has 0 aliphatic rings. The molecule has 0 atom stereocenters. The Morgan fingerprint density at radius 2 is 2.28 bits per heavy atom. The summed E-state index contributed by atoms with van der Waals surface area (Å²) >= 11 is 0. The lowest BCUT2D eigenvalue weighted by Crippen LogP contribution is -2.10. The van der Waals surface area contributed by atoms with Crippen LogP contribution in [-0.2, 0) is 6.54 Å². The number of aromatic carboxylic acids is 1. The number of hydrogen-bond acceptors (Lipinski definition) is 4. The molecule has 2 aromatic heterocycles. The van der Waals surface area contributed by atoms with E-state index in [2.05, 4.69) is 10.3 Å². The maximum atomic E-state index is 11.2. The first-order valence-corrected chi connectivity index (χ1v) is 5.54. The van der Waals surface area contributed by atoms with Gasteiger partial charge in [0.1, 0.15) is 11.4 Å². The molecule has 0 aromatic carbocycles. The van der Waals surface area contributed by atoms with Crippen molar-refractivity contribution in [2.45, 2.75) is 20.4 Å². The molecule has 0 radical (unpaired) electrons. The van der Waals surface area contributed by atoms with E-state index in [4.69, 9.17) is 4.42 Å². The van der Waals surface area contributed by atoms with Gasteiger partial charge in [0.05, 0.1) is 12.5 Å². The number of carboxylic acid groups (broad SMARTS) is 1. The lowest BCUT2D eigenvalue weighted by Gasteiger charge is -2.11. The van der Waals surface area contributed by atoms with Gasteiger partial charge in [-0.15, -0.1) is 0 Å². The van der Waals surface area contributed by atoms with Crippen molar-refractivity contribution in [3.05, 3.63) is 47.0 Å². The summed E-state index contributed by atoms with van der Waals surface area (Å²) in [5, 5.41) is 12.2. The number of aryl methyl sites for hydroxylation is 2. The van der Waals surface area contributed by atoms with Gasteiger partial charge in [0.15, 0.2) is 0 Å². The van der Waals surface area contributed by atoms with E-state index in [1.165, 1.54) is 0 Å². The Morgan fingerprint density at radius 3 is 2.89 bits per heavy atom. The van der Waals surface area contributed by atoms with Gasteiger partial charge in [-0.05, 0) is 31.5 Å². The van der Waals surface area contributed by atoms with Gasteiger partial charge < -0.3 is 14.8 Å². The summed E-state index contributed by atoms with van der Waals surface area (Å²) in [5.41, 5.74) is 2.63. The van der Waals surface area contributed by atoms with E-state index in [-0.39, 0.29) is 5.56 Å². The van der Waals surface area contributed by atoms with Gasteiger partial charge in [-0.25, -0.2) is 9.78 Å². The number of nitrogens with one attached hydrogen (secondary N) is 1. The third-order valence-corrected chi connectivity index (χ3v) is 2.60. The van der Waals surface area contributed by atoms with Crippen LogP contribution in [0.5, 0.6) is 0 Å². The van der Waals surface area contributed by atoms with Crippen LogP contribution in [0.3, 0.4) is 0 Å². The quantitative estimate of drug-likeness (QED) is 0.867. The van der Waals surface area contributed by atoms with Crippen LogP contribution in [0.25, 0.3) is 0 Å². The molecule has 0 bridgehead atoms. The molecule has 0 amide bonds. The zero-order valence-corrected chi connectivity index (χ0v) is 10.2. The minimum Gasteiger partial charge on any atom is -0.478 e. The van der Waals surface area contributed by atoms with Crippen LogP contribution in [0.1, 0.15) is 27.2 Å². The fourth-order valence-electron chi connectivity index (χ4n) is 1.81. The van der Waals surface area contributed by atoms with Crippen LogP contribution in [0.2, 0.25) is 0 Å². The second-order valence-corrected chi connectivity index (χ2v) is 4.09. The minimum absolute atomic E-state index is 0.212. The molecule has 0 aliphatic heterocycles. The second-order valence-electron chi connectivity index (χ2n) is 4.09. The van der Waals surface area contributed by atoms with Crippen LogP contribution in [0, 0.1) is 13.8 Å². The molecule has 2 N–H and O–H groups in total. The molecule has 2 heterocycles.